The molecule has 0 aliphatic rings. The Kier molecular flexibility index (Phi) is 4.70. The van der Waals surface area contributed by atoms with Crippen molar-refractivity contribution in [3.63, 3.8) is 0 Å². The van der Waals surface area contributed by atoms with Crippen LogP contribution < -0.4 is 10.1 Å². The molecule has 9 heteroatoms. The summed E-state index contributed by atoms with van der Waals surface area (Å²) in [6.07, 6.45) is 3.65. The molecule has 160 valence electrons. The van der Waals surface area contributed by atoms with Gasteiger partial charge in [-0.1, -0.05) is 35.6 Å². The summed E-state index contributed by atoms with van der Waals surface area (Å²) in [5.41, 5.74) is 2.79. The van der Waals surface area contributed by atoms with E-state index in [1.807, 2.05) is 54.0 Å². The number of hydrogen-bond acceptors (Lipinski definition) is 6. The van der Waals surface area contributed by atoms with Crippen molar-refractivity contribution in [1.29, 1.82) is 0 Å². The van der Waals surface area contributed by atoms with Crippen LogP contribution in [0.15, 0.2) is 83.1 Å². The summed E-state index contributed by atoms with van der Waals surface area (Å²) in [6.45, 7) is 0. The Morgan fingerprint density at radius 3 is 2.48 bits per heavy atom. The zero-order valence-electron chi connectivity index (χ0n) is 16.9. The van der Waals surface area contributed by atoms with Gasteiger partial charge in [-0.25, -0.2) is 9.07 Å². The number of benzene rings is 2. The summed E-state index contributed by atoms with van der Waals surface area (Å²) < 4.78 is 17.1. The lowest BCUT2D eigenvalue weighted by atomic mass is 10.1. The van der Waals surface area contributed by atoms with Gasteiger partial charge in [-0.3, -0.25) is 4.79 Å². The second-order valence-corrected chi connectivity index (χ2v) is 9.20. The number of aromatic nitrogens is 5. The molecule has 0 amide bonds. The number of halogens is 1. The van der Waals surface area contributed by atoms with Crippen LogP contribution in [0.2, 0.25) is 0 Å². The molecule has 0 aliphatic carbocycles. The summed E-state index contributed by atoms with van der Waals surface area (Å²) in [6, 6.07) is 19.7. The topological polar surface area (TPSA) is 65.1 Å². The number of hydrogen-bond donors (Lipinski definition) is 0. The van der Waals surface area contributed by atoms with Crippen molar-refractivity contribution < 1.29 is 4.39 Å². The average Bonchev–Trinajstić information content (AvgIpc) is 3.62. The first-order valence-electron chi connectivity index (χ1n) is 10.0. The molecule has 0 N–H and O–H groups in total. The van der Waals surface area contributed by atoms with Gasteiger partial charge in [-0.05, 0) is 53.9 Å². The van der Waals surface area contributed by atoms with E-state index in [2.05, 4.69) is 10.1 Å². The lowest BCUT2D eigenvalue weighted by Gasteiger charge is -2.00. The molecule has 2 aromatic carbocycles. The molecule has 0 saturated heterocycles. The SMILES string of the molecule is O=c1/c(=C/c2cn(-c3ccccc3)nc2-c2ccc(F)cc2)sc2nc(-c3cccs3)nn12. The monoisotopic (exact) mass is 471 g/mol. The van der Waals surface area contributed by atoms with Crippen LogP contribution in [-0.2, 0) is 0 Å². The van der Waals surface area contributed by atoms with Crippen molar-refractivity contribution in [2.75, 3.05) is 0 Å². The normalized spacial score (nSPS) is 12.1. The molecule has 33 heavy (non-hydrogen) atoms. The standard InChI is InChI=1S/C24H14FN5OS2/c25-17-10-8-15(9-11-17)21-16(14-29(27-21)18-5-2-1-3-6-18)13-20-23(31)30-24(33-20)26-22(28-30)19-7-4-12-32-19/h1-14H/b20-13-. The maximum Gasteiger partial charge on any atom is 0.291 e. The minimum Gasteiger partial charge on any atom is -0.266 e. The maximum atomic E-state index is 13.5. The van der Waals surface area contributed by atoms with Crippen LogP contribution in [0.25, 0.3) is 38.7 Å². The van der Waals surface area contributed by atoms with Gasteiger partial charge < -0.3 is 0 Å². The number of nitrogens with zero attached hydrogens (tertiary/aromatic N) is 5. The second-order valence-electron chi connectivity index (χ2n) is 7.24. The van der Waals surface area contributed by atoms with Gasteiger partial charge in [0.2, 0.25) is 4.96 Å². The van der Waals surface area contributed by atoms with Crippen molar-refractivity contribution in [3.8, 4) is 27.6 Å². The van der Waals surface area contributed by atoms with Crippen molar-refractivity contribution in [2.24, 2.45) is 0 Å². The van der Waals surface area contributed by atoms with E-state index in [0.717, 1.165) is 21.7 Å². The van der Waals surface area contributed by atoms with Crippen LogP contribution in [0.4, 0.5) is 4.39 Å². The molecule has 0 aliphatic heterocycles. The summed E-state index contributed by atoms with van der Waals surface area (Å²) in [5.74, 6) is 0.226. The van der Waals surface area contributed by atoms with Gasteiger partial charge in [0.15, 0.2) is 5.82 Å². The molecule has 0 saturated carbocycles. The first-order chi connectivity index (χ1) is 16.2. The first kappa shape index (κ1) is 19.7. The highest BCUT2D eigenvalue weighted by Crippen LogP contribution is 2.25. The molecule has 0 atom stereocenters. The number of fused-ring (bicyclic) bond motifs is 1. The van der Waals surface area contributed by atoms with Crippen LogP contribution in [0.3, 0.4) is 0 Å². The van der Waals surface area contributed by atoms with Gasteiger partial charge >= 0.3 is 0 Å². The van der Waals surface area contributed by atoms with Crippen LogP contribution in [0, 0.1) is 5.82 Å². The van der Waals surface area contributed by atoms with Gasteiger partial charge in [0.25, 0.3) is 5.56 Å². The van der Waals surface area contributed by atoms with Gasteiger partial charge in [-0.15, -0.1) is 16.4 Å². The highest BCUT2D eigenvalue weighted by molar-refractivity contribution is 7.15. The van der Waals surface area contributed by atoms with Gasteiger partial charge in [0.05, 0.1) is 15.1 Å². The highest BCUT2D eigenvalue weighted by Gasteiger charge is 2.15. The Bertz CT molecular complexity index is 1680. The summed E-state index contributed by atoms with van der Waals surface area (Å²) in [4.78, 5) is 19.0. The van der Waals surface area contributed by atoms with E-state index in [-0.39, 0.29) is 11.4 Å². The number of rotatable bonds is 4. The van der Waals surface area contributed by atoms with Crippen molar-refractivity contribution >= 4 is 33.7 Å². The Morgan fingerprint density at radius 2 is 1.76 bits per heavy atom. The molecule has 6 nitrogen and oxygen atoms in total. The molecule has 0 fully saturated rings. The van der Waals surface area contributed by atoms with E-state index < -0.39 is 0 Å². The Morgan fingerprint density at radius 1 is 0.939 bits per heavy atom. The molecule has 6 aromatic rings. The fourth-order valence-corrected chi connectivity index (χ4v) is 5.07. The smallest absolute Gasteiger partial charge is 0.266 e. The molecule has 0 spiro atoms. The molecule has 0 bridgehead atoms. The number of thiazole rings is 1. The quantitative estimate of drug-likeness (QED) is 0.382. The molecule has 0 radical (unpaired) electrons. The highest BCUT2D eigenvalue weighted by atomic mass is 32.1. The average molecular weight is 472 g/mol. The van der Waals surface area contributed by atoms with Gasteiger partial charge in [-0.2, -0.15) is 14.6 Å². The third-order valence-corrected chi connectivity index (χ3v) is 6.92. The third-order valence-electron chi connectivity index (χ3n) is 5.09. The minimum atomic E-state index is -0.319. The van der Waals surface area contributed by atoms with E-state index in [0.29, 0.717) is 21.0 Å². The van der Waals surface area contributed by atoms with Crippen LogP contribution in [-0.4, -0.2) is 24.4 Å². The fraction of sp³-hybridized carbons (Fsp3) is 0. The van der Waals surface area contributed by atoms with Crippen molar-refractivity contribution in [2.45, 2.75) is 0 Å². The van der Waals surface area contributed by atoms with Crippen molar-refractivity contribution in [3.05, 3.63) is 105 Å². The molecule has 4 heterocycles. The summed E-state index contributed by atoms with van der Waals surface area (Å²) >= 11 is 2.80. The zero-order valence-corrected chi connectivity index (χ0v) is 18.6. The van der Waals surface area contributed by atoms with Gasteiger partial charge in [0, 0.05) is 17.3 Å². The largest absolute Gasteiger partial charge is 0.291 e. The number of thiophene rings is 1. The zero-order chi connectivity index (χ0) is 22.4. The van der Waals surface area contributed by atoms with E-state index in [9.17, 15) is 9.18 Å². The molecule has 0 unspecified atom stereocenters. The van der Waals surface area contributed by atoms with E-state index in [1.54, 1.807) is 22.9 Å². The van der Waals surface area contributed by atoms with Crippen LogP contribution in [0.5, 0.6) is 0 Å². The Balaban J connectivity index is 1.51. The third kappa shape index (κ3) is 3.57. The molecular formula is C24H14FN5OS2. The van der Waals surface area contributed by atoms with Gasteiger partial charge in [0.1, 0.15) is 11.5 Å². The number of para-hydroxylation sites is 1. The second kappa shape index (κ2) is 7.88. The first-order valence-corrected chi connectivity index (χ1v) is 11.7. The van der Waals surface area contributed by atoms with E-state index >= 15 is 0 Å². The Labute approximate surface area is 194 Å². The Hall–Kier alpha value is -3.95. The van der Waals surface area contributed by atoms with E-state index in [4.69, 9.17) is 5.10 Å². The minimum absolute atomic E-state index is 0.233. The van der Waals surface area contributed by atoms with Crippen molar-refractivity contribution in [1.82, 2.24) is 24.4 Å². The predicted octanol–water partition coefficient (Wildman–Crippen LogP) is 4.42. The van der Waals surface area contributed by atoms with Crippen LogP contribution in [0.1, 0.15) is 5.56 Å². The molecule has 4 aromatic heterocycles. The fourth-order valence-electron chi connectivity index (χ4n) is 3.52. The lowest BCUT2D eigenvalue weighted by Crippen LogP contribution is -2.23. The lowest BCUT2D eigenvalue weighted by molar-refractivity contribution is 0.628. The molecular weight excluding hydrogens is 457 g/mol. The molecule has 6 rings (SSSR count). The summed E-state index contributed by atoms with van der Waals surface area (Å²) in [7, 11) is 0. The van der Waals surface area contributed by atoms with Crippen LogP contribution >= 0.6 is 22.7 Å². The maximum absolute atomic E-state index is 13.5. The van der Waals surface area contributed by atoms with E-state index in [1.165, 1.54) is 39.3 Å². The predicted molar refractivity (Wildman–Crippen MR) is 128 cm³/mol. The summed E-state index contributed by atoms with van der Waals surface area (Å²) in [5, 5.41) is 11.1.